The van der Waals surface area contributed by atoms with Crippen molar-refractivity contribution < 1.29 is 9.53 Å². The highest BCUT2D eigenvalue weighted by atomic mass is 16.5. The molecule has 0 aliphatic rings. The van der Waals surface area contributed by atoms with Gasteiger partial charge in [-0.25, -0.2) is 14.8 Å². The standard InChI is InChI=1S/C22H21N5O3/c1-2-30-16-10-8-15(9-11-16)20-24-17(19(23)28)18-21(26-20)27(22(29)25-18)13-12-14-6-4-3-5-7-14/h3-11H,2,12-13H2,1H3,(H2,23,28)(H,25,29). The van der Waals surface area contributed by atoms with E-state index in [1.165, 1.54) is 4.57 Å². The van der Waals surface area contributed by atoms with Gasteiger partial charge in [0.2, 0.25) is 0 Å². The number of fused-ring (bicyclic) bond motifs is 1. The van der Waals surface area contributed by atoms with Crippen molar-refractivity contribution in [2.75, 3.05) is 6.61 Å². The maximum Gasteiger partial charge on any atom is 0.327 e. The zero-order valence-electron chi connectivity index (χ0n) is 16.5. The van der Waals surface area contributed by atoms with E-state index in [9.17, 15) is 9.59 Å². The van der Waals surface area contributed by atoms with Crippen molar-refractivity contribution in [2.24, 2.45) is 5.73 Å². The van der Waals surface area contributed by atoms with Crippen molar-refractivity contribution in [3.8, 4) is 17.1 Å². The molecule has 4 rings (SSSR count). The molecule has 0 saturated heterocycles. The number of nitrogens with zero attached hydrogens (tertiary/aromatic N) is 3. The van der Waals surface area contributed by atoms with Crippen molar-refractivity contribution in [3.05, 3.63) is 76.3 Å². The number of primary amides is 1. The number of aromatic amines is 1. The third-order valence-corrected chi connectivity index (χ3v) is 4.75. The number of carbonyl (C=O) groups is 1. The predicted octanol–water partition coefficient (Wildman–Crippen LogP) is 2.53. The lowest BCUT2D eigenvalue weighted by Gasteiger charge is -2.08. The van der Waals surface area contributed by atoms with Crippen molar-refractivity contribution in [1.82, 2.24) is 19.5 Å². The lowest BCUT2D eigenvalue weighted by atomic mass is 10.1. The minimum Gasteiger partial charge on any atom is -0.494 e. The van der Waals surface area contributed by atoms with E-state index in [1.54, 1.807) is 24.3 Å². The fourth-order valence-electron chi connectivity index (χ4n) is 3.30. The zero-order chi connectivity index (χ0) is 21.1. The monoisotopic (exact) mass is 403 g/mol. The number of carbonyl (C=O) groups excluding carboxylic acids is 1. The number of hydrogen-bond donors (Lipinski definition) is 2. The molecule has 0 atom stereocenters. The molecule has 0 saturated carbocycles. The fraction of sp³-hybridized carbons (Fsp3) is 0.182. The first-order valence-electron chi connectivity index (χ1n) is 9.64. The average molecular weight is 403 g/mol. The molecule has 1 amide bonds. The Morgan fingerprint density at radius 1 is 1.10 bits per heavy atom. The van der Waals surface area contributed by atoms with E-state index in [2.05, 4.69) is 15.0 Å². The van der Waals surface area contributed by atoms with E-state index in [-0.39, 0.29) is 16.9 Å². The van der Waals surface area contributed by atoms with Crippen LogP contribution in [0, 0.1) is 0 Å². The van der Waals surface area contributed by atoms with Crippen LogP contribution < -0.4 is 16.2 Å². The number of imidazole rings is 1. The van der Waals surface area contributed by atoms with Crippen LogP contribution in [0.2, 0.25) is 0 Å². The molecule has 4 aromatic rings. The molecule has 30 heavy (non-hydrogen) atoms. The number of nitrogens with one attached hydrogen (secondary N) is 1. The molecule has 2 aromatic heterocycles. The zero-order valence-corrected chi connectivity index (χ0v) is 16.5. The van der Waals surface area contributed by atoms with Gasteiger partial charge in [0.1, 0.15) is 11.3 Å². The van der Waals surface area contributed by atoms with Crippen LogP contribution in [0.4, 0.5) is 0 Å². The van der Waals surface area contributed by atoms with Crippen molar-refractivity contribution in [3.63, 3.8) is 0 Å². The van der Waals surface area contributed by atoms with Gasteiger partial charge in [-0.05, 0) is 43.2 Å². The summed E-state index contributed by atoms with van der Waals surface area (Å²) < 4.78 is 6.97. The molecule has 8 heteroatoms. The Morgan fingerprint density at radius 3 is 2.50 bits per heavy atom. The van der Waals surface area contributed by atoms with Gasteiger partial charge in [0.15, 0.2) is 17.2 Å². The SMILES string of the molecule is CCOc1ccc(-c2nc(C(N)=O)c3[nH]c(=O)n(CCc4ccccc4)c3n2)cc1. The number of aromatic nitrogens is 4. The number of nitrogens with two attached hydrogens (primary N) is 1. The Labute approximate surface area is 172 Å². The molecule has 8 nitrogen and oxygen atoms in total. The number of ether oxygens (including phenoxy) is 1. The number of amides is 1. The van der Waals surface area contributed by atoms with Crippen LogP contribution in [0.5, 0.6) is 5.75 Å². The second kappa shape index (κ2) is 8.20. The number of aryl methyl sites for hydroxylation is 2. The number of H-pyrrole nitrogens is 1. The van der Waals surface area contributed by atoms with Crippen molar-refractivity contribution >= 4 is 17.1 Å². The molecule has 2 aromatic carbocycles. The molecule has 2 heterocycles. The third kappa shape index (κ3) is 3.80. The average Bonchev–Trinajstić information content (AvgIpc) is 3.08. The van der Waals surface area contributed by atoms with Gasteiger partial charge in [0.25, 0.3) is 5.91 Å². The van der Waals surface area contributed by atoms with Crippen LogP contribution in [0.1, 0.15) is 23.0 Å². The van der Waals surface area contributed by atoms with Gasteiger partial charge in [0, 0.05) is 12.1 Å². The first kappa shape index (κ1) is 19.4. The van der Waals surface area contributed by atoms with Gasteiger partial charge in [0.05, 0.1) is 6.61 Å². The first-order valence-corrected chi connectivity index (χ1v) is 9.64. The lowest BCUT2D eigenvalue weighted by Crippen LogP contribution is -2.18. The van der Waals surface area contributed by atoms with Gasteiger partial charge in [-0.3, -0.25) is 9.36 Å². The third-order valence-electron chi connectivity index (χ3n) is 4.75. The Kier molecular flexibility index (Phi) is 5.30. The first-order chi connectivity index (χ1) is 14.6. The van der Waals surface area contributed by atoms with Crippen LogP contribution in [0.3, 0.4) is 0 Å². The van der Waals surface area contributed by atoms with E-state index in [1.807, 2.05) is 37.3 Å². The molecule has 3 N–H and O–H groups in total. The smallest absolute Gasteiger partial charge is 0.327 e. The highest BCUT2D eigenvalue weighted by molar-refractivity contribution is 6.01. The largest absolute Gasteiger partial charge is 0.494 e. The highest BCUT2D eigenvalue weighted by Gasteiger charge is 2.19. The van der Waals surface area contributed by atoms with Crippen LogP contribution in [0.15, 0.2) is 59.4 Å². The topological polar surface area (TPSA) is 116 Å². The van der Waals surface area contributed by atoms with Gasteiger partial charge in [-0.1, -0.05) is 30.3 Å². The summed E-state index contributed by atoms with van der Waals surface area (Å²) in [6.45, 7) is 2.87. The van der Waals surface area contributed by atoms with E-state index in [4.69, 9.17) is 10.5 Å². The lowest BCUT2D eigenvalue weighted by molar-refractivity contribution is 0.0997. The molecule has 0 aliphatic carbocycles. The normalized spacial score (nSPS) is 11.0. The second-order valence-electron chi connectivity index (χ2n) is 6.73. The molecular formula is C22H21N5O3. The van der Waals surface area contributed by atoms with E-state index >= 15 is 0 Å². The van der Waals surface area contributed by atoms with Gasteiger partial charge in [-0.15, -0.1) is 0 Å². The molecule has 0 aliphatic heterocycles. The summed E-state index contributed by atoms with van der Waals surface area (Å²) in [4.78, 5) is 36.1. The number of rotatable bonds is 7. The van der Waals surface area contributed by atoms with Crippen LogP contribution in [-0.2, 0) is 13.0 Å². The number of benzene rings is 2. The number of hydrogen-bond acceptors (Lipinski definition) is 5. The molecule has 152 valence electrons. The summed E-state index contributed by atoms with van der Waals surface area (Å²) in [6.07, 6.45) is 0.641. The molecule has 0 fully saturated rings. The van der Waals surface area contributed by atoms with Gasteiger partial charge in [-0.2, -0.15) is 0 Å². The Balaban J connectivity index is 1.78. The summed E-state index contributed by atoms with van der Waals surface area (Å²) in [5.41, 5.74) is 7.53. The highest BCUT2D eigenvalue weighted by Crippen LogP contribution is 2.22. The Bertz CT molecular complexity index is 1240. The maximum absolute atomic E-state index is 12.6. The summed E-state index contributed by atoms with van der Waals surface area (Å²) in [6, 6.07) is 17.0. The minimum atomic E-state index is -0.731. The van der Waals surface area contributed by atoms with Crippen molar-refractivity contribution in [1.29, 1.82) is 0 Å². The van der Waals surface area contributed by atoms with Crippen molar-refractivity contribution in [2.45, 2.75) is 19.9 Å². The Hall–Kier alpha value is -3.94. The quantitative estimate of drug-likeness (QED) is 0.492. The van der Waals surface area contributed by atoms with E-state index in [0.717, 1.165) is 11.3 Å². The van der Waals surface area contributed by atoms with Gasteiger partial charge < -0.3 is 15.5 Å². The molecule has 0 unspecified atom stereocenters. The van der Waals surface area contributed by atoms with E-state index < -0.39 is 5.91 Å². The van der Waals surface area contributed by atoms with E-state index in [0.29, 0.717) is 36.6 Å². The fourth-order valence-corrected chi connectivity index (χ4v) is 3.30. The Morgan fingerprint density at radius 2 is 1.83 bits per heavy atom. The minimum absolute atomic E-state index is 0.0144. The molecule has 0 radical (unpaired) electrons. The maximum atomic E-state index is 12.6. The predicted molar refractivity (Wildman–Crippen MR) is 113 cm³/mol. The van der Waals surface area contributed by atoms with Crippen LogP contribution in [-0.4, -0.2) is 32.0 Å². The van der Waals surface area contributed by atoms with Crippen LogP contribution in [0.25, 0.3) is 22.6 Å². The second-order valence-corrected chi connectivity index (χ2v) is 6.73. The van der Waals surface area contributed by atoms with Crippen LogP contribution >= 0.6 is 0 Å². The summed E-state index contributed by atoms with van der Waals surface area (Å²) in [5, 5.41) is 0. The molecule has 0 spiro atoms. The van der Waals surface area contributed by atoms with Gasteiger partial charge >= 0.3 is 5.69 Å². The summed E-state index contributed by atoms with van der Waals surface area (Å²) >= 11 is 0. The molecule has 0 bridgehead atoms. The summed E-state index contributed by atoms with van der Waals surface area (Å²) in [7, 11) is 0. The molecular weight excluding hydrogens is 382 g/mol. The summed E-state index contributed by atoms with van der Waals surface area (Å²) in [5.74, 6) is 0.303.